The number of nitrogens with one attached hydrogen (secondary N) is 4. The number of ether oxygens (including phenoxy) is 2. The maximum atomic E-state index is 14.3. The SMILES string of the molecule is CC(C)(C)OC(=O)NCC(=O)NC(c1ccccc1-c1ccc(Cl)cc1)C1CCN(c2ccc(C(=O)NS(=O)(=O)c3ccc(N[C@H](CCN4CCOCC4)CSc4ccccc4)c(S(=O)(=O)C(F)(F)F)c3)cc2)CC1. The number of amides is 3. The molecule has 4 N–H and O–H groups in total. The zero-order chi connectivity index (χ0) is 54.0. The van der Waals surface area contributed by atoms with Crippen LogP contribution in [0.5, 0.6) is 0 Å². The molecule has 402 valence electrons. The highest BCUT2D eigenvalue weighted by Gasteiger charge is 2.48. The van der Waals surface area contributed by atoms with E-state index in [-0.39, 0.29) is 18.0 Å². The minimum atomic E-state index is -6.11. The summed E-state index contributed by atoms with van der Waals surface area (Å²) in [7, 11) is -11.0. The van der Waals surface area contributed by atoms with Crippen molar-refractivity contribution in [2.24, 2.45) is 5.92 Å². The summed E-state index contributed by atoms with van der Waals surface area (Å²) in [6.45, 7) is 8.82. The van der Waals surface area contributed by atoms with Gasteiger partial charge in [0, 0.05) is 65.7 Å². The third-order valence-electron chi connectivity index (χ3n) is 12.6. The van der Waals surface area contributed by atoms with Gasteiger partial charge in [-0.15, -0.1) is 11.8 Å². The molecule has 2 aliphatic heterocycles. The standard InChI is InChI=1S/C53H60ClF3N6O9S3/c1-52(2,3)72-51(66)58-34-48(64)60-49(45-12-8-7-11-44(45)36-13-17-39(54)18-14-36)37-23-27-63(28-24-37)41-19-15-38(16-20-41)50(65)61-75(69,70)43-21-22-46(47(33-43)74(67,68)53(55,56)57)59-40(25-26-62-29-31-71-32-30-62)35-73-42-9-5-4-6-10-42/h4-22,33,37,40,49,59H,23-32,34-35H2,1-3H3,(H,58,66)(H,60,64)(H,61,65)/t40-,49?/m1/s1. The van der Waals surface area contributed by atoms with Gasteiger partial charge in [0.15, 0.2) is 0 Å². The van der Waals surface area contributed by atoms with Crippen LogP contribution in [-0.4, -0.2) is 115 Å². The second-order valence-corrected chi connectivity index (χ2v) is 24.2. The van der Waals surface area contributed by atoms with Gasteiger partial charge in [0.25, 0.3) is 25.8 Å². The van der Waals surface area contributed by atoms with Gasteiger partial charge in [0.1, 0.15) is 17.0 Å². The van der Waals surface area contributed by atoms with E-state index in [9.17, 15) is 44.4 Å². The highest BCUT2D eigenvalue weighted by atomic mass is 35.5. The molecule has 5 aromatic carbocycles. The molecule has 0 bridgehead atoms. The molecule has 22 heteroatoms. The highest BCUT2D eigenvalue weighted by molar-refractivity contribution is 7.99. The number of hydrogen-bond donors (Lipinski definition) is 4. The highest BCUT2D eigenvalue weighted by Crippen LogP contribution is 2.39. The Balaban J connectivity index is 1.04. The Labute approximate surface area is 445 Å². The van der Waals surface area contributed by atoms with E-state index in [1.54, 1.807) is 45.0 Å². The zero-order valence-corrected chi connectivity index (χ0v) is 44.8. The Bertz CT molecular complexity index is 2990. The monoisotopic (exact) mass is 1110 g/mol. The van der Waals surface area contributed by atoms with Crippen LogP contribution < -0.4 is 25.6 Å². The first-order valence-corrected chi connectivity index (χ1v) is 28.6. The van der Waals surface area contributed by atoms with Crippen molar-refractivity contribution in [3.05, 3.63) is 137 Å². The number of carbonyl (C=O) groups is 3. The number of piperidine rings is 1. The molecule has 3 amide bonds. The summed E-state index contributed by atoms with van der Waals surface area (Å²) in [5, 5.41) is 9.24. The fourth-order valence-corrected chi connectivity index (χ4v) is 11.9. The molecule has 0 radical (unpaired) electrons. The summed E-state index contributed by atoms with van der Waals surface area (Å²) >= 11 is 7.64. The lowest BCUT2D eigenvalue weighted by molar-refractivity contribution is -0.121. The number of benzene rings is 5. The maximum absolute atomic E-state index is 14.3. The van der Waals surface area contributed by atoms with Gasteiger partial charge in [-0.2, -0.15) is 13.2 Å². The normalized spacial score (nSPS) is 15.9. The van der Waals surface area contributed by atoms with Gasteiger partial charge < -0.3 is 30.3 Å². The van der Waals surface area contributed by atoms with E-state index in [0.717, 1.165) is 33.7 Å². The average molecular weight is 1110 g/mol. The van der Waals surface area contributed by atoms with Crippen molar-refractivity contribution in [1.29, 1.82) is 0 Å². The summed E-state index contributed by atoms with van der Waals surface area (Å²) < 4.78 is 109. The molecule has 2 saturated heterocycles. The molecule has 0 saturated carbocycles. The Morgan fingerprint density at radius 1 is 0.827 bits per heavy atom. The van der Waals surface area contributed by atoms with Crippen LogP contribution in [0.4, 0.5) is 29.3 Å². The summed E-state index contributed by atoms with van der Waals surface area (Å²) in [5.41, 5.74) is -3.68. The summed E-state index contributed by atoms with van der Waals surface area (Å²) in [6, 6.07) is 31.8. The van der Waals surface area contributed by atoms with Crippen molar-refractivity contribution in [2.45, 2.75) is 77.9 Å². The third-order valence-corrected chi connectivity index (χ3v) is 16.9. The molecular weight excluding hydrogens is 1050 g/mol. The van der Waals surface area contributed by atoms with Gasteiger partial charge in [-0.1, -0.05) is 66.2 Å². The van der Waals surface area contributed by atoms with Crippen molar-refractivity contribution in [3.8, 4) is 11.1 Å². The number of sulfonamides is 1. The van der Waals surface area contributed by atoms with Gasteiger partial charge >= 0.3 is 11.6 Å². The van der Waals surface area contributed by atoms with E-state index >= 15 is 0 Å². The number of alkyl halides is 3. The van der Waals surface area contributed by atoms with E-state index in [4.69, 9.17) is 21.1 Å². The first kappa shape index (κ1) is 56.9. The molecule has 2 atom stereocenters. The molecule has 0 aromatic heterocycles. The summed E-state index contributed by atoms with van der Waals surface area (Å²) in [4.78, 5) is 42.3. The van der Waals surface area contributed by atoms with Crippen LogP contribution in [0.15, 0.2) is 136 Å². The molecule has 2 fully saturated rings. The summed E-state index contributed by atoms with van der Waals surface area (Å²) in [6.07, 6.45) is 0.916. The molecule has 7 rings (SSSR count). The average Bonchev–Trinajstić information content (AvgIpc) is 3.38. The fraction of sp³-hybridized carbons (Fsp3) is 0.377. The van der Waals surface area contributed by atoms with Crippen molar-refractivity contribution < 1.29 is 53.9 Å². The Kier molecular flexibility index (Phi) is 18.9. The molecule has 5 aromatic rings. The minimum absolute atomic E-state index is 0.0626. The van der Waals surface area contributed by atoms with E-state index in [2.05, 4.69) is 25.8 Å². The smallest absolute Gasteiger partial charge is 0.444 e. The Hall–Kier alpha value is -5.84. The zero-order valence-electron chi connectivity index (χ0n) is 41.6. The number of sulfone groups is 1. The van der Waals surface area contributed by atoms with Gasteiger partial charge in [0.05, 0.1) is 29.8 Å². The second-order valence-electron chi connectivity index (χ2n) is 19.1. The number of morpholine rings is 1. The van der Waals surface area contributed by atoms with E-state index in [0.29, 0.717) is 87.7 Å². The van der Waals surface area contributed by atoms with Crippen LogP contribution in [-0.2, 0) is 34.1 Å². The van der Waals surface area contributed by atoms with E-state index in [1.165, 1.54) is 23.9 Å². The van der Waals surface area contributed by atoms with Crippen LogP contribution in [0.1, 0.15) is 62.0 Å². The predicted molar refractivity (Wildman–Crippen MR) is 284 cm³/mol. The number of carbonyl (C=O) groups excluding carboxylic acids is 3. The molecule has 75 heavy (non-hydrogen) atoms. The second kappa shape index (κ2) is 24.9. The van der Waals surface area contributed by atoms with E-state index in [1.807, 2.05) is 71.5 Å². The first-order valence-electron chi connectivity index (χ1n) is 24.3. The largest absolute Gasteiger partial charge is 0.501 e. The number of anilines is 2. The molecule has 0 spiro atoms. The lowest BCUT2D eigenvalue weighted by Gasteiger charge is -2.38. The molecule has 15 nitrogen and oxygen atoms in total. The minimum Gasteiger partial charge on any atom is -0.444 e. The first-order chi connectivity index (χ1) is 35.6. The number of nitrogens with zero attached hydrogens (tertiary/aromatic N) is 2. The van der Waals surface area contributed by atoms with Crippen LogP contribution in [0, 0.1) is 5.92 Å². The van der Waals surface area contributed by atoms with Crippen molar-refractivity contribution >= 4 is 72.5 Å². The molecule has 2 aliphatic rings. The number of rotatable bonds is 19. The van der Waals surface area contributed by atoms with Crippen molar-refractivity contribution in [1.82, 2.24) is 20.3 Å². The predicted octanol–water partition coefficient (Wildman–Crippen LogP) is 9.31. The third kappa shape index (κ3) is 15.6. The van der Waals surface area contributed by atoms with Crippen LogP contribution in [0.3, 0.4) is 0 Å². The number of hydrogen-bond acceptors (Lipinski definition) is 13. The van der Waals surface area contributed by atoms with Crippen LogP contribution in [0.2, 0.25) is 5.02 Å². The topological polar surface area (TPSA) is 193 Å². The quantitative estimate of drug-likeness (QED) is 0.0573. The summed E-state index contributed by atoms with van der Waals surface area (Å²) in [5.74, 6) is -1.23. The van der Waals surface area contributed by atoms with Crippen LogP contribution in [0.25, 0.3) is 11.1 Å². The lowest BCUT2D eigenvalue weighted by atomic mass is 9.82. The molecule has 2 heterocycles. The maximum Gasteiger partial charge on any atom is 0.501 e. The number of halogens is 4. The van der Waals surface area contributed by atoms with Crippen molar-refractivity contribution in [2.75, 3.05) is 68.5 Å². The number of alkyl carbamates (subject to hydrolysis) is 1. The van der Waals surface area contributed by atoms with Gasteiger partial charge in [-0.25, -0.2) is 26.4 Å². The van der Waals surface area contributed by atoms with Crippen molar-refractivity contribution in [3.63, 3.8) is 0 Å². The number of thioether (sulfide) groups is 1. The molecule has 0 aliphatic carbocycles. The fourth-order valence-electron chi connectivity index (χ4n) is 8.79. The van der Waals surface area contributed by atoms with Gasteiger partial charge in [-0.05, 0) is 129 Å². The lowest BCUT2D eigenvalue weighted by Crippen LogP contribution is -2.44. The molecular formula is C53H60ClF3N6O9S3. The van der Waals surface area contributed by atoms with Crippen LogP contribution >= 0.6 is 23.4 Å². The van der Waals surface area contributed by atoms with E-state index < -0.39 is 76.4 Å². The van der Waals surface area contributed by atoms with Gasteiger partial charge in [0.2, 0.25) is 5.91 Å². The van der Waals surface area contributed by atoms with Gasteiger partial charge in [-0.3, -0.25) is 14.5 Å². The Morgan fingerprint density at radius 2 is 1.48 bits per heavy atom. The molecule has 1 unspecified atom stereocenters. The Morgan fingerprint density at radius 3 is 2.13 bits per heavy atom.